The summed E-state index contributed by atoms with van der Waals surface area (Å²) in [6.45, 7) is 11.3. The molecule has 30 heavy (non-hydrogen) atoms. The molecule has 0 spiro atoms. The maximum Gasteiger partial charge on any atom is 0.191 e. The van der Waals surface area contributed by atoms with Gasteiger partial charge in [0.15, 0.2) is 11.8 Å². The quantitative estimate of drug-likeness (QED) is 0.217. The van der Waals surface area contributed by atoms with Gasteiger partial charge in [0.2, 0.25) is 0 Å². The molecule has 3 heterocycles. The van der Waals surface area contributed by atoms with Crippen LogP contribution in [0.3, 0.4) is 0 Å². The number of morpholine rings is 1. The van der Waals surface area contributed by atoms with Crippen molar-refractivity contribution in [2.75, 3.05) is 45.9 Å². The van der Waals surface area contributed by atoms with E-state index in [1.807, 2.05) is 18.5 Å². The van der Waals surface area contributed by atoms with Gasteiger partial charge in [0.1, 0.15) is 12.4 Å². The van der Waals surface area contributed by atoms with Gasteiger partial charge in [-0.2, -0.15) is 0 Å². The zero-order valence-electron chi connectivity index (χ0n) is 18.1. The van der Waals surface area contributed by atoms with Crippen LogP contribution in [0.5, 0.6) is 0 Å². The largest absolute Gasteiger partial charge is 0.379 e. The van der Waals surface area contributed by atoms with Gasteiger partial charge in [-0.05, 0) is 31.3 Å². The third-order valence-corrected chi connectivity index (χ3v) is 6.32. The zero-order valence-corrected chi connectivity index (χ0v) is 21.3. The van der Waals surface area contributed by atoms with Gasteiger partial charge in [0.05, 0.1) is 13.2 Å². The Balaban J connectivity index is 0.00000320. The molecule has 0 radical (unpaired) electrons. The first kappa shape index (κ1) is 25.0. The first-order valence-corrected chi connectivity index (χ1v) is 11.2. The second-order valence-electron chi connectivity index (χ2n) is 7.42. The maximum absolute atomic E-state index is 5.42. The molecule has 1 aliphatic rings. The first-order chi connectivity index (χ1) is 14.1. The molecule has 0 aliphatic carbocycles. The second-order valence-corrected chi connectivity index (χ2v) is 8.40. The van der Waals surface area contributed by atoms with Crippen molar-refractivity contribution >= 4 is 41.3 Å². The summed E-state index contributed by atoms with van der Waals surface area (Å²) >= 11 is 1.80. The lowest BCUT2D eigenvalue weighted by Gasteiger charge is -2.26. The summed E-state index contributed by atoms with van der Waals surface area (Å²) in [4.78, 5) is 8.58. The molecule has 0 aromatic carbocycles. The number of aryl methyl sites for hydroxylation is 1. The van der Waals surface area contributed by atoms with Crippen LogP contribution >= 0.6 is 35.3 Å². The number of halogens is 1. The van der Waals surface area contributed by atoms with Crippen LogP contribution in [0.1, 0.15) is 35.8 Å². The average Bonchev–Trinajstić information content (AvgIpc) is 3.39. The fraction of sp³-hybridized carbons (Fsp3) is 0.650. The monoisotopic (exact) mass is 547 g/mol. The lowest BCUT2D eigenvalue weighted by molar-refractivity contribution is 0.0376. The van der Waals surface area contributed by atoms with Crippen LogP contribution in [-0.2, 0) is 18.3 Å². The minimum atomic E-state index is 0. The van der Waals surface area contributed by atoms with Gasteiger partial charge in [-0.15, -0.1) is 45.5 Å². The minimum Gasteiger partial charge on any atom is -0.379 e. The summed E-state index contributed by atoms with van der Waals surface area (Å²) in [5.41, 5.74) is 0. The van der Waals surface area contributed by atoms with Crippen LogP contribution in [0, 0.1) is 6.92 Å². The highest BCUT2D eigenvalue weighted by molar-refractivity contribution is 14.0. The number of aliphatic imine (C=N–C) groups is 1. The Morgan fingerprint density at radius 1 is 1.30 bits per heavy atom. The van der Waals surface area contributed by atoms with E-state index < -0.39 is 0 Å². The van der Waals surface area contributed by atoms with Crippen molar-refractivity contribution in [3.8, 4) is 0 Å². The third kappa shape index (κ3) is 7.78. The highest BCUT2D eigenvalue weighted by Gasteiger charge is 2.11. The molecule has 1 saturated heterocycles. The molecule has 2 aromatic heterocycles. The fourth-order valence-electron chi connectivity index (χ4n) is 3.17. The van der Waals surface area contributed by atoms with E-state index in [1.165, 1.54) is 4.88 Å². The first-order valence-electron chi connectivity index (χ1n) is 10.3. The zero-order chi connectivity index (χ0) is 20.5. The van der Waals surface area contributed by atoms with Crippen molar-refractivity contribution in [3.05, 3.63) is 34.0 Å². The number of aromatic nitrogens is 3. The van der Waals surface area contributed by atoms with E-state index in [2.05, 4.69) is 50.2 Å². The van der Waals surface area contributed by atoms with Gasteiger partial charge < -0.3 is 19.9 Å². The Labute approximate surface area is 200 Å². The lowest BCUT2D eigenvalue weighted by atomic mass is 10.1. The van der Waals surface area contributed by atoms with E-state index >= 15 is 0 Å². The average molecular weight is 548 g/mol. The van der Waals surface area contributed by atoms with Crippen molar-refractivity contribution in [3.63, 3.8) is 0 Å². The SMILES string of the molecule is Cc1nnc(CN=C(NCCCN2CCOCC2)NCC(C)c2cccs2)n1C.I. The minimum absolute atomic E-state index is 0. The summed E-state index contributed by atoms with van der Waals surface area (Å²) in [5.74, 6) is 3.03. The Kier molecular flexibility index (Phi) is 11.0. The predicted octanol–water partition coefficient (Wildman–Crippen LogP) is 2.36. The summed E-state index contributed by atoms with van der Waals surface area (Å²) < 4.78 is 7.40. The molecule has 0 bridgehead atoms. The summed E-state index contributed by atoms with van der Waals surface area (Å²) in [5, 5.41) is 17.4. The van der Waals surface area contributed by atoms with Gasteiger partial charge in [0, 0.05) is 44.0 Å². The number of rotatable bonds is 9. The Hall–Kier alpha value is -1.24. The van der Waals surface area contributed by atoms with E-state index in [-0.39, 0.29) is 24.0 Å². The van der Waals surface area contributed by atoms with Gasteiger partial charge >= 0.3 is 0 Å². The summed E-state index contributed by atoms with van der Waals surface area (Å²) in [7, 11) is 1.97. The van der Waals surface area contributed by atoms with E-state index in [0.29, 0.717) is 12.5 Å². The topological polar surface area (TPSA) is 79.6 Å². The molecule has 1 fully saturated rings. The number of guanidine groups is 1. The predicted molar refractivity (Wildman–Crippen MR) is 133 cm³/mol. The van der Waals surface area contributed by atoms with Crippen LogP contribution in [-0.4, -0.2) is 71.6 Å². The number of hydrogen-bond donors (Lipinski definition) is 2. The van der Waals surface area contributed by atoms with Crippen LogP contribution in [0.2, 0.25) is 0 Å². The number of nitrogens with zero attached hydrogens (tertiary/aromatic N) is 5. The van der Waals surface area contributed by atoms with Crippen molar-refractivity contribution in [1.82, 2.24) is 30.3 Å². The molecule has 0 saturated carbocycles. The molecular formula is C20H34IN7OS. The van der Waals surface area contributed by atoms with Gasteiger partial charge in [-0.3, -0.25) is 4.90 Å². The van der Waals surface area contributed by atoms with Crippen LogP contribution in [0.4, 0.5) is 0 Å². The fourth-order valence-corrected chi connectivity index (χ4v) is 3.96. The standard InChI is InChI=1S/C20H33N7OS.HI/c1-16(18-6-4-13-29-18)14-22-20(23-15-19-25-24-17(2)26(19)3)21-7-5-8-27-9-11-28-12-10-27;/h4,6,13,16H,5,7-12,14-15H2,1-3H3,(H2,21,22,23);1H. The van der Waals surface area contributed by atoms with Gasteiger partial charge in [0.25, 0.3) is 0 Å². The Bertz CT molecular complexity index is 759. The third-order valence-electron chi connectivity index (χ3n) is 5.21. The van der Waals surface area contributed by atoms with Crippen LogP contribution in [0.25, 0.3) is 0 Å². The smallest absolute Gasteiger partial charge is 0.191 e. The molecule has 8 nitrogen and oxygen atoms in total. The van der Waals surface area contributed by atoms with Gasteiger partial charge in [-0.1, -0.05) is 13.0 Å². The molecule has 1 atom stereocenters. The highest BCUT2D eigenvalue weighted by atomic mass is 127. The molecule has 0 amide bonds. The number of ether oxygens (including phenoxy) is 1. The molecule has 3 rings (SSSR count). The Morgan fingerprint density at radius 2 is 2.10 bits per heavy atom. The number of hydrogen-bond acceptors (Lipinski definition) is 6. The molecular weight excluding hydrogens is 513 g/mol. The molecule has 2 aromatic rings. The number of nitrogens with one attached hydrogen (secondary N) is 2. The van der Waals surface area contributed by atoms with E-state index in [9.17, 15) is 0 Å². The highest BCUT2D eigenvalue weighted by Crippen LogP contribution is 2.19. The van der Waals surface area contributed by atoms with Crippen LogP contribution in [0.15, 0.2) is 22.5 Å². The van der Waals surface area contributed by atoms with Crippen molar-refractivity contribution in [2.24, 2.45) is 12.0 Å². The van der Waals surface area contributed by atoms with Gasteiger partial charge in [-0.25, -0.2) is 4.99 Å². The summed E-state index contributed by atoms with van der Waals surface area (Å²) in [6, 6.07) is 4.29. The molecule has 10 heteroatoms. The maximum atomic E-state index is 5.42. The number of thiophene rings is 1. The van der Waals surface area contributed by atoms with Crippen molar-refractivity contribution < 1.29 is 4.74 Å². The van der Waals surface area contributed by atoms with E-state index in [0.717, 1.165) is 70.0 Å². The molecule has 1 unspecified atom stereocenters. The molecule has 1 aliphatic heterocycles. The van der Waals surface area contributed by atoms with E-state index in [1.54, 1.807) is 11.3 Å². The molecule has 168 valence electrons. The van der Waals surface area contributed by atoms with E-state index in [4.69, 9.17) is 9.73 Å². The van der Waals surface area contributed by atoms with Crippen molar-refractivity contribution in [1.29, 1.82) is 0 Å². The second kappa shape index (κ2) is 13.2. The summed E-state index contributed by atoms with van der Waals surface area (Å²) in [6.07, 6.45) is 1.07. The molecule has 2 N–H and O–H groups in total. The lowest BCUT2D eigenvalue weighted by Crippen LogP contribution is -2.41. The Morgan fingerprint density at radius 3 is 2.77 bits per heavy atom. The normalized spacial score (nSPS) is 16.2. The van der Waals surface area contributed by atoms with Crippen LogP contribution < -0.4 is 10.6 Å². The van der Waals surface area contributed by atoms with Crippen molar-refractivity contribution in [2.45, 2.75) is 32.7 Å².